The summed E-state index contributed by atoms with van der Waals surface area (Å²) in [7, 11) is 0. The van der Waals surface area contributed by atoms with Crippen LogP contribution in [0.5, 0.6) is 0 Å². The Hall–Kier alpha value is -3.43. The molecule has 0 saturated carbocycles. The molecular formula is C20H25N7O3. The highest BCUT2D eigenvalue weighted by atomic mass is 16.3. The van der Waals surface area contributed by atoms with Gasteiger partial charge < -0.3 is 20.0 Å². The van der Waals surface area contributed by atoms with Crippen LogP contribution in [0.15, 0.2) is 34.9 Å². The summed E-state index contributed by atoms with van der Waals surface area (Å²) in [5, 5.41) is 18.9. The predicted molar refractivity (Wildman–Crippen MR) is 109 cm³/mol. The van der Waals surface area contributed by atoms with Gasteiger partial charge in [0.15, 0.2) is 11.5 Å². The summed E-state index contributed by atoms with van der Waals surface area (Å²) < 4.78 is 6.86. The number of amides is 2. The fraction of sp³-hybridized carbons (Fsp3) is 0.450. The molecule has 10 nitrogen and oxygen atoms in total. The molecule has 4 heterocycles. The lowest BCUT2D eigenvalue weighted by atomic mass is 10.3. The summed E-state index contributed by atoms with van der Waals surface area (Å²) in [6.07, 6.45) is 4.78. The van der Waals surface area contributed by atoms with Gasteiger partial charge in [0, 0.05) is 38.9 Å². The van der Waals surface area contributed by atoms with Crippen LogP contribution < -0.4 is 10.6 Å². The minimum Gasteiger partial charge on any atom is -0.467 e. The molecule has 158 valence electrons. The average molecular weight is 411 g/mol. The standard InChI is InChI=1S/C20H25N7O3/c28-19(22-14-15-4-2-13-30-15)9-8-18-24-23-17-7-6-16(25-27(17)18)21-10-3-12-26-11-1-5-20(26)29/h2,4,6-7,13H,1,3,5,8-12,14H2,(H,21,25)(H,22,28). The summed E-state index contributed by atoms with van der Waals surface area (Å²) in [5.74, 6) is 2.21. The SMILES string of the molecule is O=C(CCc1nnc2ccc(NCCCN3CCCC3=O)nn12)NCc1ccco1. The quantitative estimate of drug-likeness (QED) is 0.484. The molecule has 4 rings (SSSR count). The summed E-state index contributed by atoms with van der Waals surface area (Å²) in [6, 6.07) is 7.29. The molecule has 1 saturated heterocycles. The van der Waals surface area contributed by atoms with Crippen molar-refractivity contribution in [2.75, 3.05) is 25.0 Å². The first-order valence-corrected chi connectivity index (χ1v) is 10.2. The van der Waals surface area contributed by atoms with Crippen LogP contribution >= 0.6 is 0 Å². The fourth-order valence-electron chi connectivity index (χ4n) is 3.42. The van der Waals surface area contributed by atoms with E-state index in [9.17, 15) is 9.59 Å². The number of hydrogen-bond acceptors (Lipinski definition) is 7. The van der Waals surface area contributed by atoms with Crippen molar-refractivity contribution >= 4 is 23.3 Å². The van der Waals surface area contributed by atoms with Gasteiger partial charge in [-0.1, -0.05) is 0 Å². The van der Waals surface area contributed by atoms with Crippen molar-refractivity contribution in [2.45, 2.75) is 38.6 Å². The number of fused-ring (bicyclic) bond motifs is 1. The highest BCUT2D eigenvalue weighted by Crippen LogP contribution is 2.11. The van der Waals surface area contributed by atoms with Crippen molar-refractivity contribution in [1.29, 1.82) is 0 Å². The van der Waals surface area contributed by atoms with Gasteiger partial charge in [0.2, 0.25) is 11.8 Å². The van der Waals surface area contributed by atoms with E-state index in [4.69, 9.17) is 4.42 Å². The van der Waals surface area contributed by atoms with Gasteiger partial charge in [-0.2, -0.15) is 4.52 Å². The molecule has 0 aromatic carbocycles. The lowest BCUT2D eigenvalue weighted by Crippen LogP contribution is -2.27. The number of carbonyl (C=O) groups is 2. The van der Waals surface area contributed by atoms with Crippen LogP contribution in [0.3, 0.4) is 0 Å². The topological polar surface area (TPSA) is 118 Å². The molecule has 0 bridgehead atoms. The molecule has 0 radical (unpaired) electrons. The molecule has 10 heteroatoms. The zero-order valence-corrected chi connectivity index (χ0v) is 16.7. The lowest BCUT2D eigenvalue weighted by Gasteiger charge is -2.15. The van der Waals surface area contributed by atoms with E-state index in [0.29, 0.717) is 42.4 Å². The zero-order valence-electron chi connectivity index (χ0n) is 16.7. The first-order valence-electron chi connectivity index (χ1n) is 10.2. The Labute approximate surface area is 173 Å². The normalized spacial score (nSPS) is 13.9. The van der Waals surface area contributed by atoms with Crippen LogP contribution in [0.4, 0.5) is 5.82 Å². The van der Waals surface area contributed by atoms with Crippen LogP contribution in [0.25, 0.3) is 5.65 Å². The Bertz CT molecular complexity index is 999. The molecule has 1 fully saturated rings. The molecular weight excluding hydrogens is 386 g/mol. The van der Waals surface area contributed by atoms with Crippen molar-refractivity contribution in [3.63, 3.8) is 0 Å². The molecule has 2 N–H and O–H groups in total. The summed E-state index contributed by atoms with van der Waals surface area (Å²) >= 11 is 0. The van der Waals surface area contributed by atoms with Gasteiger partial charge in [-0.05, 0) is 37.1 Å². The van der Waals surface area contributed by atoms with Gasteiger partial charge in [-0.15, -0.1) is 15.3 Å². The Balaban J connectivity index is 1.26. The van der Waals surface area contributed by atoms with Crippen molar-refractivity contribution < 1.29 is 14.0 Å². The van der Waals surface area contributed by atoms with Gasteiger partial charge in [0.05, 0.1) is 12.8 Å². The smallest absolute Gasteiger partial charge is 0.222 e. The molecule has 1 aliphatic heterocycles. The minimum atomic E-state index is -0.0890. The number of likely N-dealkylation sites (tertiary alicyclic amines) is 1. The second-order valence-electron chi connectivity index (χ2n) is 7.23. The van der Waals surface area contributed by atoms with Crippen LogP contribution in [0, 0.1) is 0 Å². The molecule has 3 aromatic rings. The average Bonchev–Trinajstić information content (AvgIpc) is 3.50. The summed E-state index contributed by atoms with van der Waals surface area (Å²) in [6.45, 7) is 2.71. The molecule has 0 unspecified atom stereocenters. The maximum atomic E-state index is 12.1. The predicted octanol–water partition coefficient (Wildman–Crippen LogP) is 1.39. The largest absolute Gasteiger partial charge is 0.467 e. The van der Waals surface area contributed by atoms with Gasteiger partial charge in [-0.25, -0.2) is 0 Å². The van der Waals surface area contributed by atoms with E-state index in [2.05, 4.69) is 25.9 Å². The van der Waals surface area contributed by atoms with Gasteiger partial charge >= 0.3 is 0 Å². The molecule has 0 spiro atoms. The lowest BCUT2D eigenvalue weighted by molar-refractivity contribution is -0.127. The number of aryl methyl sites for hydroxylation is 1. The zero-order chi connectivity index (χ0) is 20.8. The van der Waals surface area contributed by atoms with Gasteiger partial charge in [0.25, 0.3) is 0 Å². The Kier molecular flexibility index (Phi) is 6.21. The van der Waals surface area contributed by atoms with Crippen molar-refractivity contribution in [2.24, 2.45) is 0 Å². The summed E-state index contributed by atoms with van der Waals surface area (Å²) in [4.78, 5) is 25.6. The van der Waals surface area contributed by atoms with E-state index in [1.807, 2.05) is 23.1 Å². The second-order valence-corrected chi connectivity index (χ2v) is 7.23. The Morgan fingerprint density at radius 2 is 2.17 bits per heavy atom. The van der Waals surface area contributed by atoms with E-state index in [0.717, 1.165) is 32.5 Å². The van der Waals surface area contributed by atoms with Gasteiger partial charge in [-0.3, -0.25) is 9.59 Å². The van der Waals surface area contributed by atoms with Crippen LogP contribution in [0.2, 0.25) is 0 Å². The number of nitrogens with zero attached hydrogens (tertiary/aromatic N) is 5. The number of furan rings is 1. The van der Waals surface area contributed by atoms with Crippen molar-refractivity contribution in [3.8, 4) is 0 Å². The van der Waals surface area contributed by atoms with Crippen molar-refractivity contribution in [1.82, 2.24) is 30.0 Å². The molecule has 3 aromatic heterocycles. The van der Waals surface area contributed by atoms with E-state index in [-0.39, 0.29) is 18.2 Å². The number of aromatic nitrogens is 4. The Morgan fingerprint density at radius 3 is 2.97 bits per heavy atom. The number of hydrogen-bond donors (Lipinski definition) is 2. The second kappa shape index (κ2) is 9.38. The first kappa shape index (κ1) is 19.9. The molecule has 30 heavy (non-hydrogen) atoms. The van der Waals surface area contributed by atoms with Crippen molar-refractivity contribution in [3.05, 3.63) is 42.1 Å². The summed E-state index contributed by atoms with van der Waals surface area (Å²) in [5.41, 5.74) is 0.634. The molecule has 0 atom stereocenters. The number of anilines is 1. The minimum absolute atomic E-state index is 0.0890. The van der Waals surface area contributed by atoms with Gasteiger partial charge in [0.1, 0.15) is 11.6 Å². The number of carbonyl (C=O) groups excluding carboxylic acids is 2. The third-order valence-corrected chi connectivity index (χ3v) is 5.03. The third kappa shape index (κ3) is 4.94. The fourth-order valence-corrected chi connectivity index (χ4v) is 3.42. The van der Waals surface area contributed by atoms with E-state index in [1.165, 1.54) is 0 Å². The maximum absolute atomic E-state index is 12.1. The molecule has 0 aliphatic carbocycles. The van der Waals surface area contributed by atoms with Crippen LogP contribution in [-0.2, 0) is 22.6 Å². The van der Waals surface area contributed by atoms with E-state index < -0.39 is 0 Å². The third-order valence-electron chi connectivity index (χ3n) is 5.03. The number of nitrogens with one attached hydrogen (secondary N) is 2. The molecule has 1 aliphatic rings. The molecule has 2 amide bonds. The van der Waals surface area contributed by atoms with E-state index in [1.54, 1.807) is 16.8 Å². The number of rotatable bonds is 10. The monoisotopic (exact) mass is 411 g/mol. The highest BCUT2D eigenvalue weighted by molar-refractivity contribution is 5.78. The first-order chi connectivity index (χ1) is 14.7. The van der Waals surface area contributed by atoms with Crippen LogP contribution in [0.1, 0.15) is 37.3 Å². The Morgan fingerprint density at radius 1 is 1.23 bits per heavy atom. The van der Waals surface area contributed by atoms with Crippen LogP contribution in [-0.4, -0.2) is 56.2 Å². The van der Waals surface area contributed by atoms with E-state index >= 15 is 0 Å². The maximum Gasteiger partial charge on any atom is 0.222 e. The highest BCUT2D eigenvalue weighted by Gasteiger charge is 2.19.